The summed E-state index contributed by atoms with van der Waals surface area (Å²) in [6.07, 6.45) is -1.01. The lowest BCUT2D eigenvalue weighted by Crippen LogP contribution is -2.40. The zero-order valence-corrected chi connectivity index (χ0v) is 14.7. The molecule has 132 valence electrons. The third kappa shape index (κ3) is 3.46. The van der Waals surface area contributed by atoms with E-state index in [9.17, 15) is 13.2 Å². The Morgan fingerprint density at radius 1 is 1.20 bits per heavy atom. The van der Waals surface area contributed by atoms with Crippen molar-refractivity contribution in [2.45, 2.75) is 36.7 Å². The van der Waals surface area contributed by atoms with Crippen LogP contribution >= 0.6 is 0 Å². The number of nitrogens with one attached hydrogen (secondary N) is 1. The highest BCUT2D eigenvalue weighted by Crippen LogP contribution is 2.42. The summed E-state index contributed by atoms with van der Waals surface area (Å²) in [5, 5.41) is 8.69. The van der Waals surface area contributed by atoms with Gasteiger partial charge in [-0.3, -0.25) is 0 Å². The van der Waals surface area contributed by atoms with E-state index in [-0.39, 0.29) is 10.8 Å². The smallest absolute Gasteiger partial charge is 0.418 e. The van der Waals surface area contributed by atoms with Crippen LogP contribution in [-0.2, 0) is 16.4 Å². The van der Waals surface area contributed by atoms with Crippen LogP contribution in [0.15, 0.2) is 53.4 Å². The average Bonchev–Trinajstić information content (AvgIpc) is 2.52. The number of hydrogen-bond donors (Lipinski definition) is 2. The van der Waals surface area contributed by atoms with Gasteiger partial charge in [0.15, 0.2) is 0 Å². The second kappa shape index (κ2) is 6.07. The molecule has 1 unspecified atom stereocenters. The molecular weight excluding hydrogens is 342 g/mol. The molecular formula is C18H19NO5S. The maximum Gasteiger partial charge on any atom is 0.418 e. The summed E-state index contributed by atoms with van der Waals surface area (Å²) in [6.45, 7) is 4.01. The summed E-state index contributed by atoms with van der Waals surface area (Å²) in [5.74, 6) is 0.665. The molecule has 2 N–H and O–H groups in total. The minimum Gasteiger partial charge on any atom is -0.487 e. The van der Waals surface area contributed by atoms with Crippen molar-refractivity contribution in [3.63, 3.8) is 0 Å². The summed E-state index contributed by atoms with van der Waals surface area (Å²) < 4.78 is 31.8. The van der Waals surface area contributed by atoms with Gasteiger partial charge in [-0.15, -0.1) is 0 Å². The predicted octanol–water partition coefficient (Wildman–Crippen LogP) is 3.14. The molecule has 1 amide bonds. The van der Waals surface area contributed by atoms with E-state index in [4.69, 9.17) is 9.84 Å². The molecule has 0 saturated heterocycles. The van der Waals surface area contributed by atoms with Gasteiger partial charge in [-0.1, -0.05) is 30.3 Å². The number of fused-ring (bicyclic) bond motifs is 1. The predicted molar refractivity (Wildman–Crippen MR) is 92.4 cm³/mol. The minimum absolute atomic E-state index is 0.0478. The molecule has 0 fully saturated rings. The molecule has 1 aliphatic heterocycles. The first kappa shape index (κ1) is 17.3. The van der Waals surface area contributed by atoms with Crippen molar-refractivity contribution >= 4 is 16.1 Å². The van der Waals surface area contributed by atoms with Gasteiger partial charge in [0.2, 0.25) is 0 Å². The summed E-state index contributed by atoms with van der Waals surface area (Å²) in [4.78, 5) is 10.6. The van der Waals surface area contributed by atoms with Crippen LogP contribution in [0.2, 0.25) is 0 Å². The third-order valence-corrected chi connectivity index (χ3v) is 5.72. The Morgan fingerprint density at radius 3 is 2.52 bits per heavy atom. The molecule has 0 spiro atoms. The summed E-state index contributed by atoms with van der Waals surface area (Å²) in [6, 6.07) is 14.3. The fraction of sp³-hybridized carbons (Fsp3) is 0.278. The Labute approximate surface area is 146 Å². The van der Waals surface area contributed by atoms with Crippen LogP contribution in [0.25, 0.3) is 0 Å². The number of hydrogen-bond acceptors (Lipinski definition) is 4. The molecule has 0 aliphatic carbocycles. The highest BCUT2D eigenvalue weighted by molar-refractivity contribution is 7.90. The molecule has 0 saturated carbocycles. The van der Waals surface area contributed by atoms with Crippen molar-refractivity contribution < 1.29 is 23.1 Å². The molecule has 2 aromatic carbocycles. The molecule has 25 heavy (non-hydrogen) atoms. The van der Waals surface area contributed by atoms with Gasteiger partial charge in [0.1, 0.15) is 11.4 Å². The first-order valence-corrected chi connectivity index (χ1v) is 9.30. The van der Waals surface area contributed by atoms with Gasteiger partial charge < -0.3 is 9.84 Å². The van der Waals surface area contributed by atoms with E-state index in [2.05, 4.69) is 0 Å². The molecule has 1 aliphatic rings. The van der Waals surface area contributed by atoms with Crippen molar-refractivity contribution in [2.24, 2.45) is 0 Å². The number of carboxylic acid groups (broad SMARTS) is 1. The van der Waals surface area contributed by atoms with Crippen LogP contribution in [0.3, 0.4) is 0 Å². The lowest BCUT2D eigenvalue weighted by atomic mass is 9.78. The summed E-state index contributed by atoms with van der Waals surface area (Å²) in [5.41, 5.74) is 1.39. The van der Waals surface area contributed by atoms with E-state index in [1.54, 1.807) is 10.8 Å². The Kier molecular flexibility index (Phi) is 4.20. The number of carbonyl (C=O) groups is 1. The number of rotatable bonds is 3. The highest BCUT2D eigenvalue weighted by atomic mass is 32.2. The fourth-order valence-corrected chi connectivity index (χ4v) is 4.07. The van der Waals surface area contributed by atoms with Crippen molar-refractivity contribution in [1.82, 2.24) is 4.72 Å². The van der Waals surface area contributed by atoms with Crippen molar-refractivity contribution in [1.29, 1.82) is 0 Å². The molecule has 0 bridgehead atoms. The van der Waals surface area contributed by atoms with Crippen molar-refractivity contribution in [3.05, 3.63) is 59.7 Å². The van der Waals surface area contributed by atoms with Gasteiger partial charge in [0.05, 0.1) is 4.90 Å². The van der Waals surface area contributed by atoms with E-state index in [1.807, 2.05) is 44.2 Å². The van der Waals surface area contributed by atoms with E-state index in [0.717, 1.165) is 11.1 Å². The maximum atomic E-state index is 12.1. The normalized spacial score (nSPS) is 18.7. The Morgan fingerprint density at radius 2 is 1.88 bits per heavy atom. The van der Waals surface area contributed by atoms with Gasteiger partial charge in [-0.05, 0) is 49.6 Å². The molecule has 3 rings (SSSR count). The molecule has 0 aromatic heterocycles. The molecule has 1 atom stereocenters. The number of ether oxygens (including phenoxy) is 1. The van der Waals surface area contributed by atoms with Crippen LogP contribution in [0.1, 0.15) is 30.9 Å². The van der Waals surface area contributed by atoms with Crippen molar-refractivity contribution in [3.8, 4) is 5.75 Å². The van der Waals surface area contributed by atoms with Gasteiger partial charge in [-0.25, -0.2) is 17.9 Å². The van der Waals surface area contributed by atoms with Crippen molar-refractivity contribution in [2.75, 3.05) is 0 Å². The number of benzene rings is 2. The van der Waals surface area contributed by atoms with E-state index in [1.165, 1.54) is 12.1 Å². The Hall–Kier alpha value is -2.54. The van der Waals surface area contributed by atoms with E-state index < -0.39 is 21.7 Å². The second-order valence-electron chi connectivity index (χ2n) is 6.55. The van der Waals surface area contributed by atoms with Gasteiger partial charge in [-0.2, -0.15) is 0 Å². The van der Waals surface area contributed by atoms with Gasteiger partial charge in [0.25, 0.3) is 10.0 Å². The highest BCUT2D eigenvalue weighted by Gasteiger charge is 2.38. The van der Waals surface area contributed by atoms with Gasteiger partial charge >= 0.3 is 6.09 Å². The SMILES string of the molecule is CC1(C)Oc2ccc(S(=O)(=O)NC(=O)O)cc2CC1c1ccccc1. The zero-order chi connectivity index (χ0) is 18.2. The molecule has 6 nitrogen and oxygen atoms in total. The molecule has 2 aromatic rings. The lowest BCUT2D eigenvalue weighted by molar-refractivity contribution is 0.0613. The van der Waals surface area contributed by atoms with E-state index >= 15 is 0 Å². The van der Waals surface area contributed by atoms with Crippen LogP contribution in [-0.4, -0.2) is 25.2 Å². The standard InChI is InChI=1S/C18H19NO5S/c1-18(2)15(12-6-4-3-5-7-12)11-13-10-14(8-9-16(13)24-18)25(22,23)19-17(20)21/h3-10,15,19H,11H2,1-2H3,(H,20,21). The average molecular weight is 361 g/mol. The van der Waals surface area contributed by atoms with Crippen LogP contribution < -0.4 is 9.46 Å². The Bertz CT molecular complexity index is 906. The lowest BCUT2D eigenvalue weighted by Gasteiger charge is -2.40. The van der Waals surface area contributed by atoms with Gasteiger partial charge in [0, 0.05) is 5.92 Å². The summed E-state index contributed by atoms with van der Waals surface area (Å²) >= 11 is 0. The first-order valence-electron chi connectivity index (χ1n) is 7.82. The Balaban J connectivity index is 2.00. The first-order chi connectivity index (χ1) is 11.7. The third-order valence-electron chi connectivity index (χ3n) is 4.40. The minimum atomic E-state index is -4.11. The topological polar surface area (TPSA) is 92.7 Å². The van der Waals surface area contributed by atoms with E-state index in [0.29, 0.717) is 12.2 Å². The van der Waals surface area contributed by atoms with Crippen LogP contribution in [0, 0.1) is 0 Å². The number of amides is 1. The maximum absolute atomic E-state index is 12.1. The fourth-order valence-electron chi connectivity index (χ4n) is 3.18. The zero-order valence-electron chi connectivity index (χ0n) is 13.9. The monoisotopic (exact) mass is 361 g/mol. The molecule has 0 radical (unpaired) electrons. The molecule has 7 heteroatoms. The van der Waals surface area contributed by atoms with Crippen LogP contribution in [0.4, 0.5) is 4.79 Å². The van der Waals surface area contributed by atoms with Crippen LogP contribution in [0.5, 0.6) is 5.75 Å². The molecule has 1 heterocycles. The second-order valence-corrected chi connectivity index (χ2v) is 8.24. The quantitative estimate of drug-likeness (QED) is 0.876. The number of sulfonamides is 1. The summed E-state index contributed by atoms with van der Waals surface area (Å²) in [7, 11) is -4.11. The largest absolute Gasteiger partial charge is 0.487 e.